The lowest BCUT2D eigenvalue weighted by Crippen LogP contribution is -2.11. The van der Waals surface area contributed by atoms with E-state index in [1.54, 1.807) is 11.3 Å². The van der Waals surface area contributed by atoms with E-state index in [0.29, 0.717) is 0 Å². The summed E-state index contributed by atoms with van der Waals surface area (Å²) in [6.07, 6.45) is 6.76. The Balaban J connectivity index is 1.83. The molecule has 1 aromatic rings. The molecule has 0 amide bonds. The Morgan fingerprint density at radius 1 is 1.27 bits per heavy atom. The average Bonchev–Trinajstić information content (AvgIpc) is 2.87. The fourth-order valence-electron chi connectivity index (χ4n) is 2.14. The van der Waals surface area contributed by atoms with Crippen LogP contribution in [-0.4, -0.2) is 16.7 Å². The SMILES string of the molecule is CCNCc1nnc(CC2CCCC2)s1. The molecule has 1 fully saturated rings. The topological polar surface area (TPSA) is 37.8 Å². The Morgan fingerprint density at radius 3 is 2.73 bits per heavy atom. The minimum atomic E-state index is 0.874. The smallest absolute Gasteiger partial charge is 0.131 e. The summed E-state index contributed by atoms with van der Waals surface area (Å²) in [5, 5.41) is 14.1. The van der Waals surface area contributed by atoms with Crippen LogP contribution in [0.2, 0.25) is 0 Å². The quantitative estimate of drug-likeness (QED) is 0.836. The second kappa shape index (κ2) is 5.56. The first-order valence-electron chi connectivity index (χ1n) is 5.90. The van der Waals surface area contributed by atoms with Gasteiger partial charge < -0.3 is 5.32 Å². The molecule has 0 unspecified atom stereocenters. The van der Waals surface area contributed by atoms with Crippen LogP contribution in [0.25, 0.3) is 0 Å². The van der Waals surface area contributed by atoms with Gasteiger partial charge in [0.15, 0.2) is 0 Å². The fraction of sp³-hybridized carbons (Fsp3) is 0.818. The van der Waals surface area contributed by atoms with Crippen LogP contribution in [-0.2, 0) is 13.0 Å². The van der Waals surface area contributed by atoms with E-state index in [0.717, 1.165) is 30.4 Å². The van der Waals surface area contributed by atoms with Crippen molar-refractivity contribution in [1.29, 1.82) is 0 Å². The molecule has 0 saturated heterocycles. The highest BCUT2D eigenvalue weighted by Gasteiger charge is 2.17. The van der Waals surface area contributed by atoms with Crippen molar-refractivity contribution in [3.8, 4) is 0 Å². The van der Waals surface area contributed by atoms with Crippen molar-refractivity contribution in [1.82, 2.24) is 15.5 Å². The highest BCUT2D eigenvalue weighted by atomic mass is 32.1. The van der Waals surface area contributed by atoms with Crippen LogP contribution in [0.3, 0.4) is 0 Å². The summed E-state index contributed by atoms with van der Waals surface area (Å²) in [5.41, 5.74) is 0. The Hall–Kier alpha value is -0.480. The van der Waals surface area contributed by atoms with Crippen molar-refractivity contribution in [3.63, 3.8) is 0 Å². The van der Waals surface area contributed by atoms with E-state index in [1.807, 2.05) is 0 Å². The zero-order chi connectivity index (χ0) is 10.5. The summed E-state index contributed by atoms with van der Waals surface area (Å²) >= 11 is 1.77. The van der Waals surface area contributed by atoms with Crippen molar-refractivity contribution < 1.29 is 0 Å². The molecule has 0 bridgehead atoms. The predicted octanol–water partition coefficient (Wildman–Crippen LogP) is 2.38. The van der Waals surface area contributed by atoms with Gasteiger partial charge in [0.1, 0.15) is 10.0 Å². The Morgan fingerprint density at radius 2 is 2.00 bits per heavy atom. The first-order valence-corrected chi connectivity index (χ1v) is 6.72. The van der Waals surface area contributed by atoms with E-state index < -0.39 is 0 Å². The number of nitrogens with zero attached hydrogens (tertiary/aromatic N) is 2. The summed E-state index contributed by atoms with van der Waals surface area (Å²) in [6.45, 7) is 3.98. The molecule has 3 nitrogen and oxygen atoms in total. The summed E-state index contributed by atoms with van der Waals surface area (Å²) in [6, 6.07) is 0. The minimum absolute atomic E-state index is 0.874. The lowest BCUT2D eigenvalue weighted by Gasteiger charge is -2.03. The lowest BCUT2D eigenvalue weighted by molar-refractivity contribution is 0.542. The van der Waals surface area contributed by atoms with Crippen LogP contribution in [0.5, 0.6) is 0 Å². The first-order chi connectivity index (χ1) is 7.38. The molecule has 1 aliphatic rings. The van der Waals surface area contributed by atoms with Gasteiger partial charge in [-0.25, -0.2) is 0 Å². The minimum Gasteiger partial charge on any atom is -0.311 e. The van der Waals surface area contributed by atoms with Gasteiger partial charge in [-0.05, 0) is 12.5 Å². The van der Waals surface area contributed by atoms with E-state index in [2.05, 4.69) is 22.4 Å². The van der Waals surface area contributed by atoms with Crippen LogP contribution in [0.15, 0.2) is 0 Å². The molecule has 0 atom stereocenters. The van der Waals surface area contributed by atoms with Gasteiger partial charge in [-0.3, -0.25) is 0 Å². The zero-order valence-corrected chi connectivity index (χ0v) is 10.1. The summed E-state index contributed by atoms with van der Waals surface area (Å²) < 4.78 is 0. The van der Waals surface area contributed by atoms with Gasteiger partial charge in [0.05, 0.1) is 0 Å². The first kappa shape index (κ1) is 11.0. The summed E-state index contributed by atoms with van der Waals surface area (Å²) in [7, 11) is 0. The Labute approximate surface area is 95.3 Å². The maximum atomic E-state index is 4.26. The van der Waals surface area contributed by atoms with Gasteiger partial charge in [-0.15, -0.1) is 21.5 Å². The van der Waals surface area contributed by atoms with Crippen molar-refractivity contribution in [2.24, 2.45) is 5.92 Å². The molecule has 0 aromatic carbocycles. The maximum absolute atomic E-state index is 4.26. The summed E-state index contributed by atoms with van der Waals surface area (Å²) in [5.74, 6) is 0.880. The molecule has 15 heavy (non-hydrogen) atoms. The second-order valence-electron chi connectivity index (χ2n) is 4.22. The number of hydrogen-bond donors (Lipinski definition) is 1. The van der Waals surface area contributed by atoms with E-state index in [4.69, 9.17) is 0 Å². The molecule has 1 saturated carbocycles. The molecule has 1 aromatic heterocycles. The monoisotopic (exact) mass is 225 g/mol. The van der Waals surface area contributed by atoms with E-state index in [-0.39, 0.29) is 0 Å². The van der Waals surface area contributed by atoms with Gasteiger partial charge in [0.2, 0.25) is 0 Å². The number of rotatable bonds is 5. The number of nitrogens with one attached hydrogen (secondary N) is 1. The third-order valence-electron chi connectivity index (χ3n) is 2.97. The van der Waals surface area contributed by atoms with Crippen molar-refractivity contribution in [3.05, 3.63) is 10.0 Å². The third kappa shape index (κ3) is 3.24. The molecule has 0 radical (unpaired) electrons. The van der Waals surface area contributed by atoms with Gasteiger partial charge in [0, 0.05) is 13.0 Å². The fourth-order valence-corrected chi connectivity index (χ4v) is 3.06. The van der Waals surface area contributed by atoms with Gasteiger partial charge in [-0.1, -0.05) is 32.6 Å². The second-order valence-corrected chi connectivity index (χ2v) is 5.37. The molecule has 1 N–H and O–H groups in total. The number of aromatic nitrogens is 2. The molecule has 84 valence electrons. The molecular weight excluding hydrogens is 206 g/mol. The maximum Gasteiger partial charge on any atom is 0.131 e. The summed E-state index contributed by atoms with van der Waals surface area (Å²) in [4.78, 5) is 0. The highest BCUT2D eigenvalue weighted by Crippen LogP contribution is 2.28. The molecule has 1 aliphatic carbocycles. The van der Waals surface area contributed by atoms with Crippen molar-refractivity contribution in [2.45, 2.75) is 45.6 Å². The predicted molar refractivity (Wildman–Crippen MR) is 63.0 cm³/mol. The van der Waals surface area contributed by atoms with E-state index in [1.165, 1.54) is 30.7 Å². The molecule has 0 aliphatic heterocycles. The van der Waals surface area contributed by atoms with Gasteiger partial charge in [-0.2, -0.15) is 0 Å². The Kier molecular flexibility index (Phi) is 4.09. The molecule has 2 rings (SSSR count). The van der Waals surface area contributed by atoms with Crippen LogP contribution in [0, 0.1) is 5.92 Å². The normalized spacial score (nSPS) is 17.4. The largest absolute Gasteiger partial charge is 0.311 e. The van der Waals surface area contributed by atoms with E-state index >= 15 is 0 Å². The molecule has 0 spiro atoms. The number of hydrogen-bond acceptors (Lipinski definition) is 4. The molecular formula is C11H19N3S. The average molecular weight is 225 g/mol. The van der Waals surface area contributed by atoms with Gasteiger partial charge >= 0.3 is 0 Å². The Bertz CT molecular complexity index is 292. The van der Waals surface area contributed by atoms with Crippen LogP contribution in [0.4, 0.5) is 0 Å². The molecule has 1 heterocycles. The van der Waals surface area contributed by atoms with Crippen LogP contribution in [0.1, 0.15) is 42.6 Å². The third-order valence-corrected chi connectivity index (χ3v) is 3.92. The highest BCUT2D eigenvalue weighted by molar-refractivity contribution is 7.11. The van der Waals surface area contributed by atoms with E-state index in [9.17, 15) is 0 Å². The lowest BCUT2D eigenvalue weighted by atomic mass is 10.1. The van der Waals surface area contributed by atoms with Crippen molar-refractivity contribution >= 4 is 11.3 Å². The zero-order valence-electron chi connectivity index (χ0n) is 9.33. The molecule has 4 heteroatoms. The van der Waals surface area contributed by atoms with Crippen LogP contribution >= 0.6 is 11.3 Å². The van der Waals surface area contributed by atoms with Crippen LogP contribution < -0.4 is 5.32 Å². The standard InChI is InChI=1S/C11H19N3S/c1-2-12-8-11-14-13-10(15-11)7-9-5-3-4-6-9/h9,12H,2-8H2,1H3. The van der Waals surface area contributed by atoms with Gasteiger partial charge in [0.25, 0.3) is 0 Å². The van der Waals surface area contributed by atoms with Crippen molar-refractivity contribution in [2.75, 3.05) is 6.54 Å².